The second-order valence-electron chi connectivity index (χ2n) is 8.27. The highest BCUT2D eigenvalue weighted by Crippen LogP contribution is 2.28. The topological polar surface area (TPSA) is 72.2 Å². The molecule has 1 aromatic carbocycles. The van der Waals surface area contributed by atoms with Crippen molar-refractivity contribution >= 4 is 23.2 Å². The first kappa shape index (κ1) is 25.4. The van der Waals surface area contributed by atoms with Crippen molar-refractivity contribution in [1.82, 2.24) is 9.80 Å². The monoisotopic (exact) mass is 484 g/mol. The van der Waals surface area contributed by atoms with Gasteiger partial charge in [-0.3, -0.25) is 9.59 Å². The number of furan rings is 1. The fourth-order valence-electron chi connectivity index (χ4n) is 3.63. The van der Waals surface area contributed by atoms with Gasteiger partial charge in [0.2, 0.25) is 5.91 Å². The average Bonchev–Trinajstić information content (AvgIpc) is 3.51. The van der Waals surface area contributed by atoms with Gasteiger partial charge in [0.15, 0.2) is 11.5 Å². The van der Waals surface area contributed by atoms with E-state index in [1.54, 1.807) is 30.1 Å². The Morgan fingerprint density at radius 1 is 1.06 bits per heavy atom. The first-order chi connectivity index (χ1) is 16.3. The molecule has 0 saturated carbocycles. The number of hydrogen-bond donors (Lipinski definition) is 0. The molecule has 0 bridgehead atoms. The highest BCUT2D eigenvalue weighted by molar-refractivity contribution is 7.12. The number of carbonyl (C=O) groups is 2. The Balaban J connectivity index is 1.77. The maximum atomic E-state index is 13.4. The minimum atomic E-state index is -0.132. The van der Waals surface area contributed by atoms with Crippen molar-refractivity contribution in [3.05, 3.63) is 69.8 Å². The first-order valence-electron chi connectivity index (χ1n) is 11.2. The van der Waals surface area contributed by atoms with E-state index in [1.165, 1.54) is 11.3 Å². The van der Waals surface area contributed by atoms with Gasteiger partial charge >= 0.3 is 0 Å². The number of aryl methyl sites for hydroxylation is 1. The molecule has 2 heterocycles. The van der Waals surface area contributed by atoms with Crippen LogP contribution < -0.4 is 9.47 Å². The van der Waals surface area contributed by atoms with Gasteiger partial charge in [-0.2, -0.15) is 0 Å². The van der Waals surface area contributed by atoms with Crippen LogP contribution in [0, 0.1) is 6.92 Å². The number of methoxy groups -OCH3 is 2. The van der Waals surface area contributed by atoms with E-state index in [9.17, 15) is 9.59 Å². The minimum Gasteiger partial charge on any atom is -0.493 e. The Morgan fingerprint density at radius 2 is 1.82 bits per heavy atom. The molecule has 0 aliphatic heterocycles. The largest absolute Gasteiger partial charge is 0.493 e. The molecule has 3 rings (SSSR count). The molecule has 8 heteroatoms. The molecule has 182 valence electrons. The summed E-state index contributed by atoms with van der Waals surface area (Å²) >= 11 is 1.38. The van der Waals surface area contributed by atoms with E-state index >= 15 is 0 Å². The summed E-state index contributed by atoms with van der Waals surface area (Å²) in [7, 11) is 3.20. The summed E-state index contributed by atoms with van der Waals surface area (Å²) < 4.78 is 16.5. The summed E-state index contributed by atoms with van der Waals surface area (Å²) in [5.41, 5.74) is 1.02. The molecule has 0 radical (unpaired) electrons. The molecule has 0 unspecified atom stereocenters. The van der Waals surface area contributed by atoms with Gasteiger partial charge < -0.3 is 23.7 Å². The van der Waals surface area contributed by atoms with Gasteiger partial charge in [-0.05, 0) is 68.5 Å². The second kappa shape index (κ2) is 11.7. The fraction of sp³-hybridized carbons (Fsp3) is 0.385. The number of rotatable bonds is 11. The highest BCUT2D eigenvalue weighted by atomic mass is 32.1. The lowest BCUT2D eigenvalue weighted by molar-refractivity contribution is -0.133. The van der Waals surface area contributed by atoms with E-state index < -0.39 is 0 Å². The highest BCUT2D eigenvalue weighted by Gasteiger charge is 2.25. The van der Waals surface area contributed by atoms with Crippen LogP contribution in [0.2, 0.25) is 0 Å². The zero-order valence-electron chi connectivity index (χ0n) is 20.4. The summed E-state index contributed by atoms with van der Waals surface area (Å²) in [6.45, 7) is 6.51. The predicted octanol–water partition coefficient (Wildman–Crippen LogP) is 4.79. The number of nitrogens with zero attached hydrogens (tertiary/aromatic N) is 2. The van der Waals surface area contributed by atoms with Gasteiger partial charge in [0.25, 0.3) is 5.91 Å². The van der Waals surface area contributed by atoms with Crippen molar-refractivity contribution in [3.63, 3.8) is 0 Å². The molecular formula is C26H32N2O5S. The zero-order valence-corrected chi connectivity index (χ0v) is 21.2. The third-order valence-corrected chi connectivity index (χ3v) is 6.39. The molecule has 0 spiro atoms. The van der Waals surface area contributed by atoms with Crippen LogP contribution in [0.1, 0.15) is 40.6 Å². The average molecular weight is 485 g/mol. The van der Waals surface area contributed by atoms with Crippen LogP contribution in [-0.2, 0) is 17.8 Å². The molecule has 0 N–H and O–H groups in total. The van der Waals surface area contributed by atoms with Crippen molar-refractivity contribution in [1.29, 1.82) is 0 Å². The second-order valence-corrected chi connectivity index (χ2v) is 9.22. The minimum absolute atomic E-state index is 0.0000242. The van der Waals surface area contributed by atoms with Crippen LogP contribution in [0.3, 0.4) is 0 Å². The molecule has 0 aliphatic carbocycles. The third kappa shape index (κ3) is 6.41. The van der Waals surface area contributed by atoms with Gasteiger partial charge in [0, 0.05) is 12.6 Å². The fourth-order valence-corrected chi connectivity index (χ4v) is 4.31. The quantitative estimate of drug-likeness (QED) is 0.391. The van der Waals surface area contributed by atoms with Crippen LogP contribution in [0.15, 0.2) is 52.3 Å². The van der Waals surface area contributed by atoms with Crippen LogP contribution in [0.5, 0.6) is 11.5 Å². The van der Waals surface area contributed by atoms with Gasteiger partial charge in [-0.25, -0.2) is 0 Å². The number of hydrogen-bond acceptors (Lipinski definition) is 6. The van der Waals surface area contributed by atoms with E-state index in [-0.39, 0.29) is 24.4 Å². The van der Waals surface area contributed by atoms with E-state index in [2.05, 4.69) is 0 Å². The maximum Gasteiger partial charge on any atom is 0.264 e. The molecule has 2 aromatic heterocycles. The predicted molar refractivity (Wildman–Crippen MR) is 133 cm³/mol. The normalized spacial score (nSPS) is 10.9. The molecular weight excluding hydrogens is 452 g/mol. The van der Waals surface area contributed by atoms with Crippen LogP contribution in [-0.4, -0.2) is 55.0 Å². The lowest BCUT2D eigenvalue weighted by atomic mass is 10.1. The SMILES string of the molecule is COc1ccc(CCN(Cc2ccc(C)o2)C(=O)CN(C(=O)c2cccs2)C(C)C)cc1OC. The Kier molecular flexibility index (Phi) is 8.76. The number of benzene rings is 1. The molecule has 3 aromatic rings. The summed E-state index contributed by atoms with van der Waals surface area (Å²) in [6, 6.07) is 13.0. The van der Waals surface area contributed by atoms with Gasteiger partial charge in [0.05, 0.1) is 25.6 Å². The zero-order chi connectivity index (χ0) is 24.7. The van der Waals surface area contributed by atoms with E-state index in [4.69, 9.17) is 13.9 Å². The summed E-state index contributed by atoms with van der Waals surface area (Å²) in [5, 5.41) is 1.86. The summed E-state index contributed by atoms with van der Waals surface area (Å²) in [5.74, 6) is 2.54. The van der Waals surface area contributed by atoms with Crippen LogP contribution >= 0.6 is 11.3 Å². The van der Waals surface area contributed by atoms with E-state index in [1.807, 2.05) is 62.5 Å². The third-order valence-electron chi connectivity index (χ3n) is 5.54. The van der Waals surface area contributed by atoms with Crippen molar-refractivity contribution in [2.75, 3.05) is 27.3 Å². The van der Waals surface area contributed by atoms with Crippen molar-refractivity contribution in [3.8, 4) is 11.5 Å². The number of ether oxygens (including phenoxy) is 2. The van der Waals surface area contributed by atoms with Crippen LogP contribution in [0.25, 0.3) is 0 Å². The smallest absolute Gasteiger partial charge is 0.264 e. The number of carbonyl (C=O) groups excluding carboxylic acids is 2. The van der Waals surface area contributed by atoms with Gasteiger partial charge in [-0.15, -0.1) is 11.3 Å². The Hall–Kier alpha value is -3.26. The molecule has 0 fully saturated rings. The molecule has 0 saturated heterocycles. The number of amides is 2. The summed E-state index contributed by atoms with van der Waals surface area (Å²) in [6.07, 6.45) is 0.617. The standard InChI is InChI=1S/C26H32N2O5S/c1-18(2)28(26(30)24-7-6-14-34-24)17-25(29)27(16-21-10-8-19(3)33-21)13-12-20-9-11-22(31-4)23(15-20)32-5/h6-11,14-15,18H,12-13,16-17H2,1-5H3. The Bertz CT molecular complexity index is 1090. The Morgan fingerprint density at radius 3 is 2.41 bits per heavy atom. The van der Waals surface area contributed by atoms with Crippen LogP contribution in [0.4, 0.5) is 0 Å². The lowest BCUT2D eigenvalue weighted by Gasteiger charge is -2.29. The van der Waals surface area contributed by atoms with Gasteiger partial charge in [0.1, 0.15) is 18.1 Å². The molecule has 7 nitrogen and oxygen atoms in total. The molecule has 34 heavy (non-hydrogen) atoms. The van der Waals surface area contributed by atoms with E-state index in [0.29, 0.717) is 41.6 Å². The molecule has 0 atom stereocenters. The van der Waals surface area contributed by atoms with E-state index in [0.717, 1.165) is 11.3 Å². The lowest BCUT2D eigenvalue weighted by Crippen LogP contribution is -2.46. The Labute approximate surface area is 204 Å². The first-order valence-corrected chi connectivity index (χ1v) is 12.1. The molecule has 2 amide bonds. The van der Waals surface area contributed by atoms with Crippen molar-refractivity contribution in [2.24, 2.45) is 0 Å². The van der Waals surface area contributed by atoms with Crippen molar-refractivity contribution in [2.45, 2.75) is 39.8 Å². The number of thiophene rings is 1. The van der Waals surface area contributed by atoms with Gasteiger partial charge in [-0.1, -0.05) is 12.1 Å². The maximum absolute atomic E-state index is 13.4. The van der Waals surface area contributed by atoms with Crippen molar-refractivity contribution < 1.29 is 23.5 Å². The molecule has 0 aliphatic rings. The summed E-state index contributed by atoms with van der Waals surface area (Å²) in [4.78, 5) is 30.4.